The van der Waals surface area contributed by atoms with Crippen LogP contribution in [0.25, 0.3) is 0 Å². The number of hydrogen-bond acceptors (Lipinski definition) is 2. The van der Waals surface area contributed by atoms with E-state index in [1.54, 1.807) is 12.1 Å². The van der Waals surface area contributed by atoms with Gasteiger partial charge in [0, 0.05) is 10.5 Å². The molecule has 1 unspecified atom stereocenters. The molecule has 0 aliphatic rings. The summed E-state index contributed by atoms with van der Waals surface area (Å²) in [4.78, 5) is 0. The highest BCUT2D eigenvalue weighted by Crippen LogP contribution is 2.14. The second-order valence-corrected chi connectivity index (χ2v) is 5.38. The van der Waals surface area contributed by atoms with Crippen LogP contribution >= 0.6 is 15.9 Å². The molecule has 0 aliphatic heterocycles. The molecular weight excluding hydrogens is 290 g/mol. The van der Waals surface area contributed by atoms with Crippen molar-refractivity contribution >= 4 is 15.9 Å². The highest BCUT2D eigenvalue weighted by molar-refractivity contribution is 9.10. The Kier molecular flexibility index (Phi) is 4.39. The van der Waals surface area contributed by atoms with E-state index in [1.807, 2.05) is 24.3 Å². The summed E-state index contributed by atoms with van der Waals surface area (Å²) in [6.45, 7) is 0. The topological polar surface area (TPSA) is 46.2 Å². The largest absolute Gasteiger partial charge is 0.508 e. The third-order valence-electron chi connectivity index (χ3n) is 2.85. The van der Waals surface area contributed by atoms with Crippen molar-refractivity contribution in [2.24, 2.45) is 5.73 Å². The first kappa shape index (κ1) is 13.1. The molecule has 0 spiro atoms. The van der Waals surface area contributed by atoms with Crippen molar-refractivity contribution < 1.29 is 5.11 Å². The van der Waals surface area contributed by atoms with Crippen molar-refractivity contribution in [2.75, 3.05) is 0 Å². The van der Waals surface area contributed by atoms with Crippen molar-refractivity contribution in [1.82, 2.24) is 0 Å². The Labute approximate surface area is 116 Å². The van der Waals surface area contributed by atoms with E-state index in [9.17, 15) is 5.11 Å². The maximum Gasteiger partial charge on any atom is 0.115 e. The average Bonchev–Trinajstić information content (AvgIpc) is 2.35. The van der Waals surface area contributed by atoms with Gasteiger partial charge in [-0.25, -0.2) is 0 Å². The average molecular weight is 306 g/mol. The van der Waals surface area contributed by atoms with E-state index < -0.39 is 0 Å². The maximum absolute atomic E-state index is 9.22. The monoisotopic (exact) mass is 305 g/mol. The number of aromatic hydroxyl groups is 1. The number of rotatable bonds is 4. The van der Waals surface area contributed by atoms with Gasteiger partial charge in [-0.1, -0.05) is 40.2 Å². The van der Waals surface area contributed by atoms with Crippen molar-refractivity contribution in [3.8, 4) is 5.75 Å². The van der Waals surface area contributed by atoms with E-state index in [2.05, 4.69) is 28.1 Å². The van der Waals surface area contributed by atoms with Crippen molar-refractivity contribution in [3.63, 3.8) is 0 Å². The van der Waals surface area contributed by atoms with Crippen LogP contribution in [-0.4, -0.2) is 11.1 Å². The Hall–Kier alpha value is -1.32. The third kappa shape index (κ3) is 3.86. The minimum Gasteiger partial charge on any atom is -0.508 e. The normalized spacial score (nSPS) is 12.3. The quantitative estimate of drug-likeness (QED) is 0.910. The summed E-state index contributed by atoms with van der Waals surface area (Å²) in [6.07, 6.45) is 1.67. The van der Waals surface area contributed by atoms with Gasteiger partial charge in [0.15, 0.2) is 0 Å². The summed E-state index contributed by atoms with van der Waals surface area (Å²) < 4.78 is 1.08. The lowest BCUT2D eigenvalue weighted by Crippen LogP contribution is -2.25. The molecule has 3 heteroatoms. The first-order chi connectivity index (χ1) is 8.63. The number of benzene rings is 2. The number of halogens is 1. The molecule has 0 amide bonds. The van der Waals surface area contributed by atoms with E-state index in [-0.39, 0.29) is 6.04 Å². The SMILES string of the molecule is NC(Cc1ccc(O)cc1)Cc1ccc(Br)cc1. The lowest BCUT2D eigenvalue weighted by molar-refractivity contribution is 0.475. The first-order valence-corrected chi connectivity index (χ1v) is 6.71. The Morgan fingerprint density at radius 3 is 1.83 bits per heavy atom. The number of phenolic OH excluding ortho intramolecular Hbond substituents is 1. The van der Waals surface area contributed by atoms with Gasteiger partial charge in [0.1, 0.15) is 5.75 Å². The van der Waals surface area contributed by atoms with Gasteiger partial charge in [0.2, 0.25) is 0 Å². The van der Waals surface area contributed by atoms with Crippen LogP contribution in [0.1, 0.15) is 11.1 Å². The predicted molar refractivity (Wildman–Crippen MR) is 77.6 cm³/mol. The van der Waals surface area contributed by atoms with Crippen LogP contribution in [0, 0.1) is 0 Å². The fraction of sp³-hybridized carbons (Fsp3) is 0.200. The molecule has 18 heavy (non-hydrogen) atoms. The molecule has 0 saturated carbocycles. The number of phenols is 1. The van der Waals surface area contributed by atoms with Crippen molar-refractivity contribution in [2.45, 2.75) is 18.9 Å². The van der Waals surface area contributed by atoms with Crippen LogP contribution in [0.3, 0.4) is 0 Å². The van der Waals surface area contributed by atoms with Crippen molar-refractivity contribution in [3.05, 3.63) is 64.1 Å². The Bertz CT molecular complexity index is 445. The molecule has 2 rings (SSSR count). The van der Waals surface area contributed by atoms with Gasteiger partial charge in [-0.2, -0.15) is 0 Å². The molecule has 2 aromatic carbocycles. The molecule has 0 radical (unpaired) electrons. The van der Waals surface area contributed by atoms with Crippen molar-refractivity contribution in [1.29, 1.82) is 0 Å². The highest BCUT2D eigenvalue weighted by atomic mass is 79.9. The molecule has 1 atom stereocenters. The Morgan fingerprint density at radius 1 is 0.889 bits per heavy atom. The highest BCUT2D eigenvalue weighted by Gasteiger charge is 2.05. The van der Waals surface area contributed by atoms with Gasteiger partial charge in [0.05, 0.1) is 0 Å². The van der Waals surface area contributed by atoms with Crippen LogP contribution in [-0.2, 0) is 12.8 Å². The molecule has 0 heterocycles. The van der Waals surface area contributed by atoms with E-state index in [0.717, 1.165) is 22.9 Å². The van der Waals surface area contributed by atoms with Gasteiger partial charge in [0.25, 0.3) is 0 Å². The van der Waals surface area contributed by atoms with E-state index >= 15 is 0 Å². The molecule has 0 bridgehead atoms. The first-order valence-electron chi connectivity index (χ1n) is 5.91. The summed E-state index contributed by atoms with van der Waals surface area (Å²) in [5.74, 6) is 0.292. The Balaban J connectivity index is 1.94. The van der Waals surface area contributed by atoms with Gasteiger partial charge in [-0.15, -0.1) is 0 Å². The zero-order chi connectivity index (χ0) is 13.0. The molecule has 0 fully saturated rings. The fourth-order valence-electron chi connectivity index (χ4n) is 1.93. The smallest absolute Gasteiger partial charge is 0.115 e. The zero-order valence-electron chi connectivity index (χ0n) is 10.0. The minimum absolute atomic E-state index is 0.0933. The van der Waals surface area contributed by atoms with E-state index in [4.69, 9.17) is 5.73 Å². The van der Waals surface area contributed by atoms with Crippen LogP contribution in [0.5, 0.6) is 5.75 Å². The van der Waals surface area contributed by atoms with E-state index in [0.29, 0.717) is 5.75 Å². The van der Waals surface area contributed by atoms with Gasteiger partial charge >= 0.3 is 0 Å². The molecule has 2 nitrogen and oxygen atoms in total. The van der Waals surface area contributed by atoms with Crippen LogP contribution in [0.15, 0.2) is 53.0 Å². The molecule has 0 saturated heterocycles. The molecular formula is C15H16BrNO. The summed E-state index contributed by atoms with van der Waals surface area (Å²) in [6, 6.07) is 15.5. The van der Waals surface area contributed by atoms with E-state index in [1.165, 1.54) is 5.56 Å². The van der Waals surface area contributed by atoms with Crippen LogP contribution < -0.4 is 5.73 Å². The molecule has 0 aliphatic carbocycles. The maximum atomic E-state index is 9.22. The summed E-state index contributed by atoms with van der Waals surface area (Å²) in [7, 11) is 0. The molecule has 3 N–H and O–H groups in total. The molecule has 94 valence electrons. The van der Waals surface area contributed by atoms with Crippen LogP contribution in [0.4, 0.5) is 0 Å². The minimum atomic E-state index is 0.0933. The number of hydrogen-bond donors (Lipinski definition) is 2. The number of nitrogens with two attached hydrogens (primary N) is 1. The standard InChI is InChI=1S/C15H16BrNO/c16-13-5-1-11(2-6-13)9-14(17)10-12-3-7-15(18)8-4-12/h1-8,14,18H,9-10,17H2. The summed E-state index contributed by atoms with van der Waals surface area (Å²) >= 11 is 3.42. The second kappa shape index (κ2) is 6.03. The summed E-state index contributed by atoms with van der Waals surface area (Å²) in [5, 5.41) is 9.22. The zero-order valence-corrected chi connectivity index (χ0v) is 11.6. The predicted octanol–water partition coefficient (Wildman–Crippen LogP) is 3.27. The Morgan fingerprint density at radius 2 is 1.33 bits per heavy atom. The lowest BCUT2D eigenvalue weighted by atomic mass is 10.00. The molecule has 2 aromatic rings. The van der Waals surface area contributed by atoms with Gasteiger partial charge in [-0.05, 0) is 48.2 Å². The lowest BCUT2D eigenvalue weighted by Gasteiger charge is -2.12. The second-order valence-electron chi connectivity index (χ2n) is 4.46. The summed E-state index contributed by atoms with van der Waals surface area (Å²) in [5.41, 5.74) is 8.53. The third-order valence-corrected chi connectivity index (χ3v) is 3.37. The molecule has 0 aromatic heterocycles. The fourth-order valence-corrected chi connectivity index (χ4v) is 2.19. The van der Waals surface area contributed by atoms with Gasteiger partial charge < -0.3 is 10.8 Å². The van der Waals surface area contributed by atoms with Crippen LogP contribution in [0.2, 0.25) is 0 Å². The van der Waals surface area contributed by atoms with Gasteiger partial charge in [-0.3, -0.25) is 0 Å².